The number of para-hydroxylation sites is 1. The lowest BCUT2D eigenvalue weighted by atomic mass is 9.85. The van der Waals surface area contributed by atoms with Gasteiger partial charge < -0.3 is 24.8 Å². The van der Waals surface area contributed by atoms with Gasteiger partial charge in [-0.15, -0.1) is 0 Å². The van der Waals surface area contributed by atoms with Crippen LogP contribution in [0.1, 0.15) is 55.3 Å². The van der Waals surface area contributed by atoms with Crippen LogP contribution in [-0.4, -0.2) is 72.5 Å². The molecule has 1 N–H and O–H groups in total. The van der Waals surface area contributed by atoms with Crippen LogP contribution in [0.15, 0.2) is 54.6 Å². The van der Waals surface area contributed by atoms with Crippen LogP contribution in [0.3, 0.4) is 0 Å². The highest BCUT2D eigenvalue weighted by Crippen LogP contribution is 2.39. The normalized spacial score (nSPS) is 19.8. The molecule has 8 heteroatoms. The lowest BCUT2D eigenvalue weighted by molar-refractivity contribution is -0.137. The Hall–Kier alpha value is -3.55. The standard InChI is InChI=1S/C29H36N4O4/c1-37-25-14-8-9-22(19-25)27(35)31-17-15-29(16-18-31)28(36)32(21-33(29)24-12-6-3-7-13-24)20-26(34)30-23-10-4-2-5-11-23/h3,6-9,12-14,19,23H,2,4-5,10-11,15-18,20-21H2,1H3,(H,30,34). The summed E-state index contributed by atoms with van der Waals surface area (Å²) in [7, 11) is 1.58. The molecule has 2 aromatic carbocycles. The number of piperidine rings is 1. The molecule has 8 nitrogen and oxygen atoms in total. The second-order valence-corrected chi connectivity index (χ2v) is 10.4. The molecule has 1 saturated carbocycles. The van der Waals surface area contributed by atoms with Crippen molar-refractivity contribution in [1.82, 2.24) is 15.1 Å². The molecule has 2 aliphatic heterocycles. The molecule has 0 atom stereocenters. The Morgan fingerprint density at radius 2 is 1.73 bits per heavy atom. The number of nitrogens with one attached hydrogen (secondary N) is 1. The van der Waals surface area contributed by atoms with Gasteiger partial charge in [-0.05, 0) is 56.0 Å². The maximum atomic E-state index is 13.9. The summed E-state index contributed by atoms with van der Waals surface area (Å²) >= 11 is 0. The number of hydrogen-bond donors (Lipinski definition) is 1. The van der Waals surface area contributed by atoms with E-state index in [1.165, 1.54) is 6.42 Å². The molecule has 3 amide bonds. The number of anilines is 1. The quantitative estimate of drug-likeness (QED) is 0.652. The highest BCUT2D eigenvalue weighted by atomic mass is 16.5. The number of rotatable bonds is 6. The van der Waals surface area contributed by atoms with Crippen LogP contribution in [0.4, 0.5) is 5.69 Å². The Morgan fingerprint density at radius 1 is 1.00 bits per heavy atom. The zero-order chi connectivity index (χ0) is 25.8. The van der Waals surface area contributed by atoms with Crippen molar-refractivity contribution in [2.75, 3.05) is 38.3 Å². The zero-order valence-corrected chi connectivity index (χ0v) is 21.5. The van der Waals surface area contributed by atoms with E-state index in [1.807, 2.05) is 47.4 Å². The van der Waals surface area contributed by atoms with E-state index in [0.717, 1.165) is 31.4 Å². The fraction of sp³-hybridized carbons (Fsp3) is 0.483. The van der Waals surface area contributed by atoms with Crippen LogP contribution in [0.25, 0.3) is 0 Å². The van der Waals surface area contributed by atoms with Crippen LogP contribution >= 0.6 is 0 Å². The predicted octanol–water partition coefficient (Wildman–Crippen LogP) is 3.43. The molecule has 1 aliphatic carbocycles. The summed E-state index contributed by atoms with van der Waals surface area (Å²) < 4.78 is 5.28. The van der Waals surface area contributed by atoms with Crippen LogP contribution < -0.4 is 15.0 Å². The van der Waals surface area contributed by atoms with Crippen molar-refractivity contribution >= 4 is 23.4 Å². The second kappa shape index (κ2) is 10.8. The first-order valence-electron chi connectivity index (χ1n) is 13.3. The molecule has 0 radical (unpaired) electrons. The summed E-state index contributed by atoms with van der Waals surface area (Å²) in [5.74, 6) is 0.469. The lowest BCUT2D eigenvalue weighted by Crippen LogP contribution is -2.57. The Balaban J connectivity index is 1.31. The first-order valence-corrected chi connectivity index (χ1v) is 13.3. The number of methoxy groups -OCH3 is 1. The number of hydrogen-bond acceptors (Lipinski definition) is 5. The monoisotopic (exact) mass is 504 g/mol. The molecule has 0 bridgehead atoms. The molecule has 2 heterocycles. The van der Waals surface area contributed by atoms with Gasteiger partial charge in [0.25, 0.3) is 11.8 Å². The van der Waals surface area contributed by atoms with Gasteiger partial charge in [0.15, 0.2) is 0 Å². The second-order valence-electron chi connectivity index (χ2n) is 10.4. The number of carbonyl (C=O) groups excluding carboxylic acids is 3. The molecular weight excluding hydrogens is 468 g/mol. The summed E-state index contributed by atoms with van der Waals surface area (Å²) in [6.07, 6.45) is 6.55. The van der Waals surface area contributed by atoms with Crippen molar-refractivity contribution in [3.8, 4) is 5.75 Å². The predicted molar refractivity (Wildman–Crippen MR) is 141 cm³/mol. The molecule has 37 heavy (non-hydrogen) atoms. The Kier molecular flexibility index (Phi) is 7.35. The van der Waals surface area contributed by atoms with E-state index in [-0.39, 0.29) is 30.3 Å². The van der Waals surface area contributed by atoms with Gasteiger partial charge in [-0.3, -0.25) is 14.4 Å². The van der Waals surface area contributed by atoms with Crippen molar-refractivity contribution < 1.29 is 19.1 Å². The molecule has 3 aliphatic rings. The lowest BCUT2D eigenvalue weighted by Gasteiger charge is -2.43. The fourth-order valence-electron chi connectivity index (χ4n) is 6.03. The smallest absolute Gasteiger partial charge is 0.253 e. The Labute approximate surface area is 218 Å². The number of benzene rings is 2. The van der Waals surface area contributed by atoms with E-state index in [0.29, 0.717) is 43.9 Å². The number of likely N-dealkylation sites (tertiary alicyclic amines) is 1. The number of nitrogens with zero attached hydrogens (tertiary/aromatic N) is 3. The molecule has 196 valence electrons. The van der Waals surface area contributed by atoms with Gasteiger partial charge in [-0.25, -0.2) is 0 Å². The summed E-state index contributed by atoms with van der Waals surface area (Å²) in [4.78, 5) is 45.6. The number of amides is 3. The van der Waals surface area contributed by atoms with Crippen LogP contribution in [0, 0.1) is 0 Å². The molecule has 2 saturated heterocycles. The summed E-state index contributed by atoms with van der Waals surface area (Å²) in [5, 5.41) is 3.15. The minimum atomic E-state index is -0.766. The largest absolute Gasteiger partial charge is 0.497 e. The van der Waals surface area contributed by atoms with Crippen LogP contribution in [0.5, 0.6) is 5.75 Å². The first kappa shape index (κ1) is 25.1. The van der Waals surface area contributed by atoms with Crippen LogP contribution in [0.2, 0.25) is 0 Å². The average molecular weight is 505 g/mol. The van der Waals surface area contributed by atoms with E-state index in [4.69, 9.17) is 4.74 Å². The zero-order valence-electron chi connectivity index (χ0n) is 21.5. The highest BCUT2D eigenvalue weighted by Gasteiger charge is 2.54. The Bertz CT molecular complexity index is 1120. The fourth-order valence-corrected chi connectivity index (χ4v) is 6.03. The molecule has 3 fully saturated rings. The summed E-state index contributed by atoms with van der Waals surface area (Å²) in [5.41, 5.74) is 0.769. The molecular formula is C29H36N4O4. The first-order chi connectivity index (χ1) is 18.0. The highest BCUT2D eigenvalue weighted by molar-refractivity contribution is 5.98. The van der Waals surface area contributed by atoms with Gasteiger partial charge in [-0.2, -0.15) is 0 Å². The third-order valence-corrected chi connectivity index (χ3v) is 8.08. The minimum absolute atomic E-state index is 0.0244. The maximum absolute atomic E-state index is 13.9. The van der Waals surface area contributed by atoms with E-state index in [9.17, 15) is 14.4 Å². The Morgan fingerprint density at radius 3 is 2.43 bits per heavy atom. The van der Waals surface area contributed by atoms with E-state index < -0.39 is 5.54 Å². The van der Waals surface area contributed by atoms with Crippen molar-refractivity contribution in [3.05, 3.63) is 60.2 Å². The number of carbonyl (C=O) groups is 3. The summed E-state index contributed by atoms with van der Waals surface area (Å²) in [6, 6.07) is 17.3. The number of ether oxygens (including phenoxy) is 1. The van der Waals surface area contributed by atoms with Crippen molar-refractivity contribution in [3.63, 3.8) is 0 Å². The van der Waals surface area contributed by atoms with Gasteiger partial charge in [-0.1, -0.05) is 43.5 Å². The topological polar surface area (TPSA) is 82.2 Å². The van der Waals surface area contributed by atoms with Crippen molar-refractivity contribution in [2.24, 2.45) is 0 Å². The van der Waals surface area contributed by atoms with Gasteiger partial charge in [0.1, 0.15) is 17.8 Å². The van der Waals surface area contributed by atoms with E-state index >= 15 is 0 Å². The minimum Gasteiger partial charge on any atom is -0.497 e. The molecule has 1 spiro atoms. The van der Waals surface area contributed by atoms with Gasteiger partial charge in [0.05, 0.1) is 13.8 Å². The van der Waals surface area contributed by atoms with Crippen LogP contribution in [-0.2, 0) is 9.59 Å². The van der Waals surface area contributed by atoms with E-state index in [2.05, 4.69) is 10.2 Å². The maximum Gasteiger partial charge on any atom is 0.253 e. The van der Waals surface area contributed by atoms with Gasteiger partial charge in [0, 0.05) is 30.4 Å². The molecule has 0 unspecified atom stereocenters. The summed E-state index contributed by atoms with van der Waals surface area (Å²) in [6.45, 7) is 1.36. The van der Waals surface area contributed by atoms with Crippen molar-refractivity contribution in [1.29, 1.82) is 0 Å². The molecule has 0 aromatic heterocycles. The van der Waals surface area contributed by atoms with Gasteiger partial charge in [0.2, 0.25) is 5.91 Å². The molecule has 5 rings (SSSR count). The van der Waals surface area contributed by atoms with Gasteiger partial charge >= 0.3 is 0 Å². The SMILES string of the molecule is COc1cccc(C(=O)N2CCC3(CC2)C(=O)N(CC(=O)NC2CCCCC2)CN3c2ccccc2)c1. The average Bonchev–Trinajstić information content (AvgIpc) is 3.20. The third-order valence-electron chi connectivity index (χ3n) is 8.08. The molecule has 2 aromatic rings. The third kappa shape index (κ3) is 5.15. The van der Waals surface area contributed by atoms with E-state index in [1.54, 1.807) is 24.1 Å². The van der Waals surface area contributed by atoms with Crippen molar-refractivity contribution in [2.45, 2.75) is 56.5 Å².